The van der Waals surface area contributed by atoms with E-state index in [1.54, 1.807) is 6.07 Å². The molecule has 1 heterocycles. The van der Waals surface area contributed by atoms with Gasteiger partial charge in [0.2, 0.25) is 0 Å². The highest BCUT2D eigenvalue weighted by atomic mass is 35.5. The zero-order chi connectivity index (χ0) is 14.7. The molecule has 0 aliphatic heterocycles. The van der Waals surface area contributed by atoms with E-state index in [1.807, 2.05) is 0 Å². The van der Waals surface area contributed by atoms with E-state index in [-0.39, 0.29) is 27.7 Å². The van der Waals surface area contributed by atoms with Gasteiger partial charge in [0.05, 0.1) is 34.8 Å². The van der Waals surface area contributed by atoms with Gasteiger partial charge >= 0.3 is 0 Å². The van der Waals surface area contributed by atoms with Gasteiger partial charge in [-0.2, -0.15) is 5.26 Å². The second-order valence-corrected chi connectivity index (χ2v) is 4.23. The van der Waals surface area contributed by atoms with Gasteiger partial charge in [-0.25, -0.2) is 9.37 Å². The molecular formula is C13H8ClFN4O. The van der Waals surface area contributed by atoms with Crippen LogP contribution >= 0.6 is 11.6 Å². The van der Waals surface area contributed by atoms with Crippen LogP contribution in [0.5, 0.6) is 0 Å². The lowest BCUT2D eigenvalue weighted by Gasteiger charge is -2.08. The van der Waals surface area contributed by atoms with E-state index in [0.29, 0.717) is 0 Å². The Balaban J connectivity index is 2.28. The maximum Gasteiger partial charge on any atom is 0.258 e. The lowest BCUT2D eigenvalue weighted by molar-refractivity contribution is 0.102. The van der Waals surface area contributed by atoms with E-state index in [0.717, 1.165) is 6.07 Å². The summed E-state index contributed by atoms with van der Waals surface area (Å²) in [6.45, 7) is 0. The Morgan fingerprint density at radius 3 is 2.85 bits per heavy atom. The number of hydrogen-bond acceptors (Lipinski definition) is 4. The maximum atomic E-state index is 13.7. The van der Waals surface area contributed by atoms with Crippen molar-refractivity contribution in [2.75, 3.05) is 11.1 Å². The van der Waals surface area contributed by atoms with Gasteiger partial charge in [-0.3, -0.25) is 4.79 Å². The summed E-state index contributed by atoms with van der Waals surface area (Å²) in [4.78, 5) is 15.7. The molecule has 0 bridgehead atoms. The Morgan fingerprint density at radius 1 is 1.45 bits per heavy atom. The second kappa shape index (κ2) is 5.55. The van der Waals surface area contributed by atoms with Crippen molar-refractivity contribution in [2.45, 2.75) is 0 Å². The molecule has 0 aliphatic rings. The Labute approximate surface area is 118 Å². The van der Waals surface area contributed by atoms with E-state index < -0.39 is 11.7 Å². The molecule has 0 aliphatic carbocycles. The number of carbonyl (C=O) groups is 1. The summed E-state index contributed by atoms with van der Waals surface area (Å²) in [5, 5.41) is 10.9. The van der Waals surface area contributed by atoms with Gasteiger partial charge in [-0.15, -0.1) is 0 Å². The Hall–Kier alpha value is -2.65. The van der Waals surface area contributed by atoms with Crippen molar-refractivity contribution in [1.29, 1.82) is 5.26 Å². The van der Waals surface area contributed by atoms with Crippen LogP contribution < -0.4 is 11.1 Å². The number of nitrogens with one attached hydrogen (secondary N) is 1. The van der Waals surface area contributed by atoms with Crippen molar-refractivity contribution in [2.24, 2.45) is 0 Å². The molecule has 2 aromatic rings. The number of aromatic nitrogens is 1. The number of benzene rings is 1. The highest BCUT2D eigenvalue weighted by Crippen LogP contribution is 2.20. The van der Waals surface area contributed by atoms with E-state index in [4.69, 9.17) is 22.6 Å². The molecule has 5 nitrogen and oxygen atoms in total. The number of rotatable bonds is 2. The Kier molecular flexibility index (Phi) is 3.82. The fourth-order valence-corrected chi connectivity index (χ4v) is 1.69. The number of nitriles is 1. The maximum absolute atomic E-state index is 13.7. The predicted molar refractivity (Wildman–Crippen MR) is 72.7 cm³/mol. The summed E-state index contributed by atoms with van der Waals surface area (Å²) in [7, 11) is 0. The molecule has 1 aromatic heterocycles. The Morgan fingerprint density at radius 2 is 2.20 bits per heavy atom. The fraction of sp³-hybridized carbons (Fsp3) is 0. The monoisotopic (exact) mass is 290 g/mol. The Bertz CT molecular complexity index is 727. The third kappa shape index (κ3) is 2.84. The van der Waals surface area contributed by atoms with Gasteiger partial charge in [0.25, 0.3) is 5.91 Å². The number of anilines is 2. The molecular weight excluding hydrogens is 283 g/mol. The third-order valence-electron chi connectivity index (χ3n) is 2.45. The molecule has 3 N–H and O–H groups in total. The van der Waals surface area contributed by atoms with Gasteiger partial charge < -0.3 is 11.1 Å². The molecule has 0 radical (unpaired) electrons. The van der Waals surface area contributed by atoms with Crippen molar-refractivity contribution in [1.82, 2.24) is 4.98 Å². The first kappa shape index (κ1) is 13.8. The average Bonchev–Trinajstić information content (AvgIpc) is 2.43. The first-order valence-electron chi connectivity index (χ1n) is 5.43. The van der Waals surface area contributed by atoms with Crippen molar-refractivity contribution < 1.29 is 9.18 Å². The van der Waals surface area contributed by atoms with Gasteiger partial charge in [0.1, 0.15) is 11.0 Å². The van der Waals surface area contributed by atoms with Crippen LogP contribution in [0.3, 0.4) is 0 Å². The number of amides is 1. The van der Waals surface area contributed by atoms with Crippen LogP contribution in [0.2, 0.25) is 5.15 Å². The molecule has 0 saturated carbocycles. The smallest absolute Gasteiger partial charge is 0.258 e. The molecule has 0 fully saturated rings. The van der Waals surface area contributed by atoms with Gasteiger partial charge in [-0.1, -0.05) is 11.6 Å². The minimum atomic E-state index is -0.717. The molecule has 0 spiro atoms. The van der Waals surface area contributed by atoms with Crippen molar-refractivity contribution in [3.63, 3.8) is 0 Å². The zero-order valence-electron chi connectivity index (χ0n) is 10.0. The predicted octanol–water partition coefficient (Wildman–Crippen LogP) is 2.58. The van der Waals surface area contributed by atoms with E-state index >= 15 is 0 Å². The number of nitrogens with zero attached hydrogens (tertiary/aromatic N) is 2. The van der Waals surface area contributed by atoms with Crippen molar-refractivity contribution in [3.05, 3.63) is 52.6 Å². The lowest BCUT2D eigenvalue weighted by atomic mass is 10.2. The molecule has 7 heteroatoms. The number of pyridine rings is 1. The first-order chi connectivity index (χ1) is 9.51. The van der Waals surface area contributed by atoms with Crippen LogP contribution in [0, 0.1) is 17.1 Å². The number of nitrogens with two attached hydrogens (primary N) is 1. The minimum absolute atomic E-state index is 0.0363. The van der Waals surface area contributed by atoms with Crippen LogP contribution in [0.15, 0.2) is 30.5 Å². The quantitative estimate of drug-likeness (QED) is 0.832. The average molecular weight is 291 g/mol. The van der Waals surface area contributed by atoms with Gasteiger partial charge in [0.15, 0.2) is 0 Å². The van der Waals surface area contributed by atoms with E-state index in [1.165, 1.54) is 24.4 Å². The molecule has 2 rings (SSSR count). The van der Waals surface area contributed by atoms with Crippen LogP contribution in [0.1, 0.15) is 15.9 Å². The normalized spacial score (nSPS) is 9.85. The van der Waals surface area contributed by atoms with Crippen LogP contribution in [0.25, 0.3) is 0 Å². The molecule has 1 aromatic carbocycles. The minimum Gasteiger partial charge on any atom is -0.397 e. The fourth-order valence-electron chi connectivity index (χ4n) is 1.50. The zero-order valence-corrected chi connectivity index (χ0v) is 10.8. The number of hydrogen-bond donors (Lipinski definition) is 2. The largest absolute Gasteiger partial charge is 0.397 e. The van der Waals surface area contributed by atoms with Crippen LogP contribution in [-0.2, 0) is 0 Å². The van der Waals surface area contributed by atoms with Crippen LogP contribution in [0.4, 0.5) is 15.8 Å². The summed E-state index contributed by atoms with van der Waals surface area (Å²) in [5.74, 6) is -1.36. The molecule has 1 amide bonds. The van der Waals surface area contributed by atoms with Gasteiger partial charge in [-0.05, 0) is 24.3 Å². The third-order valence-corrected chi connectivity index (χ3v) is 2.75. The van der Waals surface area contributed by atoms with Gasteiger partial charge in [0, 0.05) is 0 Å². The summed E-state index contributed by atoms with van der Waals surface area (Å²) in [6.07, 6.45) is 1.31. The highest BCUT2D eigenvalue weighted by Gasteiger charge is 2.14. The molecule has 100 valence electrons. The van der Waals surface area contributed by atoms with Crippen LogP contribution in [-0.4, -0.2) is 10.9 Å². The topological polar surface area (TPSA) is 91.8 Å². The molecule has 0 atom stereocenters. The first-order valence-corrected chi connectivity index (χ1v) is 5.81. The number of carbonyl (C=O) groups excluding carboxylic acids is 1. The summed E-state index contributed by atoms with van der Waals surface area (Å²) in [6, 6.07) is 6.84. The summed E-state index contributed by atoms with van der Waals surface area (Å²) >= 11 is 5.78. The van der Waals surface area contributed by atoms with E-state index in [9.17, 15) is 9.18 Å². The second-order valence-electron chi connectivity index (χ2n) is 3.87. The SMILES string of the molecule is N#Cc1ccc(NC(=O)c2cc(N)cnc2Cl)c(F)c1. The van der Waals surface area contributed by atoms with Crippen molar-refractivity contribution in [3.8, 4) is 6.07 Å². The highest BCUT2D eigenvalue weighted by molar-refractivity contribution is 6.33. The number of halogens is 2. The van der Waals surface area contributed by atoms with E-state index in [2.05, 4.69) is 10.3 Å². The molecule has 0 saturated heterocycles. The molecule has 20 heavy (non-hydrogen) atoms. The van der Waals surface area contributed by atoms with Crippen molar-refractivity contribution >= 4 is 28.9 Å². The number of nitrogen functional groups attached to an aromatic ring is 1. The summed E-state index contributed by atoms with van der Waals surface area (Å²) < 4.78 is 13.7. The standard InChI is InChI=1S/C13H8ClFN4O/c14-12-9(4-8(17)6-18-12)13(20)19-11-2-1-7(5-16)3-10(11)15/h1-4,6H,17H2,(H,19,20). The summed E-state index contributed by atoms with van der Waals surface area (Å²) in [5.41, 5.74) is 5.91. The molecule has 0 unspecified atom stereocenters. The lowest BCUT2D eigenvalue weighted by Crippen LogP contribution is -2.14.